The minimum atomic E-state index is 0.0874. The average molecular weight is 245 g/mol. The molecule has 0 fully saturated rings. The Hall–Kier alpha value is -0.870. The topological polar surface area (TPSA) is 44.1 Å². The first-order valence-corrected chi connectivity index (χ1v) is 5.63. The highest BCUT2D eigenvalue weighted by molar-refractivity contribution is 6.31. The molecule has 1 unspecified atom stereocenters. The number of ether oxygens (including phenoxy) is 1. The Labute approximate surface area is 101 Å². The molecular formula is C11H17ClN2O2. The summed E-state index contributed by atoms with van der Waals surface area (Å²) in [5.74, 6) is 0.243. The fourth-order valence-corrected chi connectivity index (χ4v) is 2.07. The summed E-state index contributed by atoms with van der Waals surface area (Å²) in [6, 6.07) is 0. The highest BCUT2D eigenvalue weighted by Crippen LogP contribution is 2.26. The Bertz CT molecular complexity index is 363. The maximum atomic E-state index is 11.1. The molecule has 0 aliphatic rings. The molecule has 90 valence electrons. The number of aromatic nitrogens is 2. The normalized spacial score (nSPS) is 12.8. The quantitative estimate of drug-likeness (QED) is 0.771. The van der Waals surface area contributed by atoms with Gasteiger partial charge < -0.3 is 9.53 Å². The number of hydrogen-bond donors (Lipinski definition) is 0. The Morgan fingerprint density at radius 3 is 2.94 bits per heavy atom. The average Bonchev–Trinajstić information content (AvgIpc) is 2.55. The lowest BCUT2D eigenvalue weighted by Crippen LogP contribution is -2.13. The summed E-state index contributed by atoms with van der Waals surface area (Å²) in [7, 11) is 1.64. The van der Waals surface area contributed by atoms with E-state index in [1.165, 1.54) is 0 Å². The Morgan fingerprint density at radius 2 is 2.38 bits per heavy atom. The van der Waals surface area contributed by atoms with Crippen LogP contribution in [0.3, 0.4) is 0 Å². The molecule has 0 saturated heterocycles. The van der Waals surface area contributed by atoms with Gasteiger partial charge in [0.15, 0.2) is 0 Å². The fourth-order valence-electron chi connectivity index (χ4n) is 1.75. The van der Waals surface area contributed by atoms with Crippen LogP contribution in [0.2, 0.25) is 5.02 Å². The molecule has 0 aliphatic heterocycles. The maximum absolute atomic E-state index is 11.1. The molecule has 0 bridgehead atoms. The molecule has 0 aromatic carbocycles. The number of nitrogens with zero attached hydrogens (tertiary/aromatic N) is 2. The summed E-state index contributed by atoms with van der Waals surface area (Å²) in [4.78, 5) is 11.1. The maximum Gasteiger partial charge on any atom is 0.130 e. The Morgan fingerprint density at radius 1 is 1.69 bits per heavy atom. The Kier molecular flexibility index (Phi) is 4.96. The third-order valence-electron chi connectivity index (χ3n) is 2.40. The zero-order chi connectivity index (χ0) is 12.1. The molecular weight excluding hydrogens is 228 g/mol. The third kappa shape index (κ3) is 3.32. The molecule has 16 heavy (non-hydrogen) atoms. The van der Waals surface area contributed by atoms with Gasteiger partial charge >= 0.3 is 0 Å². The van der Waals surface area contributed by atoms with Crippen LogP contribution in [0, 0.1) is 0 Å². The van der Waals surface area contributed by atoms with E-state index in [0.717, 1.165) is 5.69 Å². The number of ketones is 1. The number of methoxy groups -OCH3 is 1. The highest BCUT2D eigenvalue weighted by atomic mass is 35.5. The van der Waals surface area contributed by atoms with Crippen molar-refractivity contribution in [1.29, 1.82) is 0 Å². The largest absolute Gasteiger partial charge is 0.383 e. The minimum Gasteiger partial charge on any atom is -0.383 e. The van der Waals surface area contributed by atoms with E-state index < -0.39 is 0 Å². The number of Topliss-reactive ketones (excluding diaryl/α,β-unsaturated/α-hetero) is 1. The molecule has 0 spiro atoms. The summed E-state index contributed by atoms with van der Waals surface area (Å²) < 4.78 is 6.80. The van der Waals surface area contributed by atoms with Crippen molar-refractivity contribution in [2.75, 3.05) is 13.7 Å². The van der Waals surface area contributed by atoms with Crippen LogP contribution >= 0.6 is 11.6 Å². The van der Waals surface area contributed by atoms with E-state index in [4.69, 9.17) is 16.3 Å². The summed E-state index contributed by atoms with van der Waals surface area (Å²) in [6.07, 6.45) is 2.10. The predicted molar refractivity (Wildman–Crippen MR) is 62.8 cm³/mol. The molecule has 5 heteroatoms. The molecule has 0 aliphatic carbocycles. The monoisotopic (exact) mass is 244 g/mol. The molecule has 1 heterocycles. The predicted octanol–water partition coefficient (Wildman–Crippen LogP) is 2.27. The van der Waals surface area contributed by atoms with Crippen LogP contribution < -0.4 is 0 Å². The van der Waals surface area contributed by atoms with Gasteiger partial charge in [0.25, 0.3) is 0 Å². The van der Waals surface area contributed by atoms with E-state index in [1.807, 2.05) is 6.92 Å². The SMILES string of the molecule is COCCn1ncc(Cl)c1C(C)CC(C)=O. The molecule has 0 saturated carbocycles. The van der Waals surface area contributed by atoms with Crippen LogP contribution in [0.5, 0.6) is 0 Å². The first-order chi connectivity index (χ1) is 7.56. The van der Waals surface area contributed by atoms with E-state index in [2.05, 4.69) is 5.10 Å². The minimum absolute atomic E-state index is 0.0874. The van der Waals surface area contributed by atoms with E-state index in [9.17, 15) is 4.79 Å². The van der Waals surface area contributed by atoms with E-state index in [1.54, 1.807) is 24.9 Å². The van der Waals surface area contributed by atoms with E-state index in [0.29, 0.717) is 24.6 Å². The lowest BCUT2D eigenvalue weighted by atomic mass is 10.0. The van der Waals surface area contributed by atoms with Crippen molar-refractivity contribution in [2.24, 2.45) is 0 Å². The number of rotatable bonds is 6. The Balaban J connectivity index is 2.83. The molecule has 1 rings (SSSR count). The number of hydrogen-bond acceptors (Lipinski definition) is 3. The van der Waals surface area contributed by atoms with Crippen molar-refractivity contribution in [1.82, 2.24) is 9.78 Å². The zero-order valence-electron chi connectivity index (χ0n) is 9.86. The fraction of sp³-hybridized carbons (Fsp3) is 0.636. The molecule has 0 amide bonds. The zero-order valence-corrected chi connectivity index (χ0v) is 10.6. The smallest absolute Gasteiger partial charge is 0.130 e. The first-order valence-electron chi connectivity index (χ1n) is 5.25. The van der Waals surface area contributed by atoms with Crippen molar-refractivity contribution >= 4 is 17.4 Å². The van der Waals surface area contributed by atoms with Crippen molar-refractivity contribution in [3.8, 4) is 0 Å². The van der Waals surface area contributed by atoms with Crippen molar-refractivity contribution in [3.05, 3.63) is 16.9 Å². The first kappa shape index (κ1) is 13.2. The molecule has 0 N–H and O–H groups in total. The van der Waals surface area contributed by atoms with Crippen LogP contribution in [-0.4, -0.2) is 29.3 Å². The van der Waals surface area contributed by atoms with Crippen molar-refractivity contribution in [2.45, 2.75) is 32.7 Å². The van der Waals surface area contributed by atoms with Gasteiger partial charge in [-0.2, -0.15) is 5.10 Å². The van der Waals surface area contributed by atoms with Gasteiger partial charge in [0.2, 0.25) is 0 Å². The van der Waals surface area contributed by atoms with Gasteiger partial charge in [0.1, 0.15) is 5.78 Å². The van der Waals surface area contributed by atoms with Crippen molar-refractivity contribution in [3.63, 3.8) is 0 Å². The van der Waals surface area contributed by atoms with E-state index >= 15 is 0 Å². The van der Waals surface area contributed by atoms with Gasteiger partial charge in [0, 0.05) is 19.4 Å². The van der Waals surface area contributed by atoms with Crippen LogP contribution in [0.1, 0.15) is 31.9 Å². The van der Waals surface area contributed by atoms with Gasteiger partial charge in [0.05, 0.1) is 30.1 Å². The number of halogens is 1. The molecule has 1 atom stereocenters. The molecule has 1 aromatic heterocycles. The second-order valence-corrected chi connectivity index (χ2v) is 4.31. The summed E-state index contributed by atoms with van der Waals surface area (Å²) >= 11 is 6.07. The van der Waals surface area contributed by atoms with Crippen LogP contribution in [0.25, 0.3) is 0 Å². The second-order valence-electron chi connectivity index (χ2n) is 3.90. The van der Waals surface area contributed by atoms with E-state index in [-0.39, 0.29) is 11.7 Å². The van der Waals surface area contributed by atoms with Crippen LogP contribution in [-0.2, 0) is 16.1 Å². The second kappa shape index (κ2) is 6.01. The highest BCUT2D eigenvalue weighted by Gasteiger charge is 2.17. The lowest BCUT2D eigenvalue weighted by Gasteiger charge is -2.13. The van der Waals surface area contributed by atoms with Gasteiger partial charge in [-0.05, 0) is 6.92 Å². The van der Waals surface area contributed by atoms with Gasteiger partial charge in [-0.3, -0.25) is 4.68 Å². The molecule has 1 aromatic rings. The standard InChI is InChI=1S/C11H17ClN2O2/c1-8(6-9(2)15)11-10(12)7-13-14(11)4-5-16-3/h7-8H,4-6H2,1-3H3. The lowest BCUT2D eigenvalue weighted by molar-refractivity contribution is -0.117. The summed E-state index contributed by atoms with van der Waals surface area (Å²) in [5, 5.41) is 4.79. The van der Waals surface area contributed by atoms with Gasteiger partial charge in [-0.15, -0.1) is 0 Å². The van der Waals surface area contributed by atoms with Gasteiger partial charge in [-0.25, -0.2) is 0 Å². The van der Waals surface area contributed by atoms with Crippen molar-refractivity contribution < 1.29 is 9.53 Å². The third-order valence-corrected chi connectivity index (χ3v) is 2.69. The number of carbonyl (C=O) groups excluding carboxylic acids is 1. The number of carbonyl (C=O) groups is 1. The summed E-state index contributed by atoms with van der Waals surface area (Å²) in [6.45, 7) is 4.80. The molecule has 0 radical (unpaired) electrons. The summed E-state index contributed by atoms with van der Waals surface area (Å²) in [5.41, 5.74) is 0.911. The van der Waals surface area contributed by atoms with Gasteiger partial charge in [-0.1, -0.05) is 18.5 Å². The molecule has 4 nitrogen and oxygen atoms in total. The van der Waals surface area contributed by atoms with Crippen LogP contribution in [0.4, 0.5) is 0 Å². The van der Waals surface area contributed by atoms with Crippen LogP contribution in [0.15, 0.2) is 6.20 Å².